The minimum absolute atomic E-state index is 0.769. The molecule has 2 aromatic carbocycles. The molecule has 0 atom stereocenters. The number of oxazole rings is 1. The van der Waals surface area contributed by atoms with Gasteiger partial charge in [-0.2, -0.15) is 0 Å². The molecule has 3 rings (SSSR count). The Morgan fingerprint density at radius 2 is 2.05 bits per heavy atom. The van der Waals surface area contributed by atoms with Crippen LogP contribution in [0.2, 0.25) is 0 Å². The summed E-state index contributed by atoms with van der Waals surface area (Å²) in [4.78, 5) is 4.46. The van der Waals surface area contributed by atoms with Crippen molar-refractivity contribution in [1.82, 2.24) is 4.98 Å². The van der Waals surface area contributed by atoms with Gasteiger partial charge in [0.15, 0.2) is 11.5 Å². The van der Waals surface area contributed by atoms with Crippen LogP contribution in [0.25, 0.3) is 11.1 Å². The molecule has 0 unspecified atom stereocenters. The number of aryl methyl sites for hydroxylation is 2. The predicted molar refractivity (Wildman–Crippen MR) is 89.6 cm³/mol. The van der Waals surface area contributed by atoms with Crippen LogP contribution >= 0.6 is 15.9 Å². The Hall–Kier alpha value is -1.81. The first-order valence-corrected chi connectivity index (χ1v) is 7.83. The van der Waals surface area contributed by atoms with E-state index in [2.05, 4.69) is 51.4 Å². The predicted octanol–water partition coefficient (Wildman–Crippen LogP) is 5.07. The largest absolute Gasteiger partial charge is 0.441 e. The van der Waals surface area contributed by atoms with E-state index in [4.69, 9.17) is 4.42 Å². The summed E-state index contributed by atoms with van der Waals surface area (Å²) in [7, 11) is 0. The van der Waals surface area contributed by atoms with Crippen LogP contribution in [0.1, 0.15) is 23.9 Å². The van der Waals surface area contributed by atoms with Gasteiger partial charge in [0.1, 0.15) is 5.52 Å². The molecule has 0 bridgehead atoms. The van der Waals surface area contributed by atoms with Crippen molar-refractivity contribution in [2.75, 3.05) is 5.32 Å². The monoisotopic (exact) mass is 344 g/mol. The smallest absolute Gasteiger partial charge is 0.195 e. The van der Waals surface area contributed by atoms with Crippen molar-refractivity contribution in [3.05, 3.63) is 57.9 Å². The lowest BCUT2D eigenvalue weighted by atomic mass is 10.1. The number of halogens is 1. The first-order chi connectivity index (χ1) is 10.2. The number of nitrogens with zero attached hydrogens (tertiary/aromatic N) is 1. The van der Waals surface area contributed by atoms with E-state index >= 15 is 0 Å². The molecule has 0 amide bonds. The van der Waals surface area contributed by atoms with Gasteiger partial charge >= 0.3 is 0 Å². The Labute approximate surface area is 132 Å². The van der Waals surface area contributed by atoms with Crippen LogP contribution in [0.3, 0.4) is 0 Å². The molecule has 0 fully saturated rings. The fourth-order valence-corrected chi connectivity index (χ4v) is 2.86. The summed E-state index contributed by atoms with van der Waals surface area (Å²) in [6.45, 7) is 4.90. The van der Waals surface area contributed by atoms with E-state index in [0.29, 0.717) is 0 Å². The van der Waals surface area contributed by atoms with E-state index < -0.39 is 0 Å². The van der Waals surface area contributed by atoms with E-state index in [1.54, 1.807) is 0 Å². The maximum absolute atomic E-state index is 5.62. The second-order valence-electron chi connectivity index (χ2n) is 5.09. The molecule has 108 valence electrons. The molecule has 3 aromatic rings. The number of aromatic nitrogens is 1. The maximum Gasteiger partial charge on any atom is 0.195 e. The van der Waals surface area contributed by atoms with Crippen LogP contribution < -0.4 is 5.32 Å². The van der Waals surface area contributed by atoms with Crippen molar-refractivity contribution in [3.8, 4) is 0 Å². The number of fused-ring (bicyclic) bond motifs is 1. The fourth-order valence-electron chi connectivity index (χ4n) is 2.23. The second-order valence-corrected chi connectivity index (χ2v) is 5.95. The first-order valence-electron chi connectivity index (χ1n) is 7.04. The lowest BCUT2D eigenvalue weighted by Gasteiger charge is -2.08. The standard InChI is InChI=1S/C17H17BrN2O/c1-3-17-20-15-9-13(6-7-16(15)21-17)19-10-12-5-4-11(2)8-14(12)18/h4-9,19H,3,10H2,1-2H3. The maximum atomic E-state index is 5.62. The number of hydrogen-bond donors (Lipinski definition) is 1. The van der Waals surface area contributed by atoms with Crippen LogP contribution in [0.15, 0.2) is 45.3 Å². The van der Waals surface area contributed by atoms with Gasteiger partial charge < -0.3 is 9.73 Å². The van der Waals surface area contributed by atoms with Crippen molar-refractivity contribution in [3.63, 3.8) is 0 Å². The van der Waals surface area contributed by atoms with E-state index in [0.717, 1.165) is 40.1 Å². The van der Waals surface area contributed by atoms with Crippen molar-refractivity contribution in [2.24, 2.45) is 0 Å². The zero-order valence-electron chi connectivity index (χ0n) is 12.1. The summed E-state index contributed by atoms with van der Waals surface area (Å²) in [6, 6.07) is 12.4. The molecular formula is C17H17BrN2O. The summed E-state index contributed by atoms with van der Waals surface area (Å²) < 4.78 is 6.75. The zero-order chi connectivity index (χ0) is 14.8. The van der Waals surface area contributed by atoms with Gasteiger partial charge in [0.25, 0.3) is 0 Å². The minimum atomic E-state index is 0.769. The van der Waals surface area contributed by atoms with Crippen LogP contribution in [-0.4, -0.2) is 4.98 Å². The summed E-state index contributed by atoms with van der Waals surface area (Å²) in [5.74, 6) is 0.781. The molecule has 4 heteroatoms. The molecule has 0 aliphatic rings. The Kier molecular flexibility index (Phi) is 3.97. The summed E-state index contributed by atoms with van der Waals surface area (Å²) >= 11 is 3.61. The first kappa shape index (κ1) is 14.1. The van der Waals surface area contributed by atoms with Gasteiger partial charge in [-0.05, 0) is 42.3 Å². The van der Waals surface area contributed by atoms with Gasteiger partial charge in [-0.3, -0.25) is 0 Å². The third kappa shape index (κ3) is 3.10. The van der Waals surface area contributed by atoms with Crippen LogP contribution in [0.4, 0.5) is 5.69 Å². The van der Waals surface area contributed by atoms with Crippen molar-refractivity contribution < 1.29 is 4.42 Å². The highest BCUT2D eigenvalue weighted by Crippen LogP contribution is 2.23. The van der Waals surface area contributed by atoms with Crippen LogP contribution in [0.5, 0.6) is 0 Å². The van der Waals surface area contributed by atoms with E-state index in [1.165, 1.54) is 11.1 Å². The molecule has 1 N–H and O–H groups in total. The molecule has 21 heavy (non-hydrogen) atoms. The lowest BCUT2D eigenvalue weighted by molar-refractivity contribution is 0.538. The molecule has 0 saturated heterocycles. The molecule has 0 aliphatic heterocycles. The van der Waals surface area contributed by atoms with E-state index in [9.17, 15) is 0 Å². The Bertz CT molecular complexity index is 780. The number of rotatable bonds is 4. The second kappa shape index (κ2) is 5.90. The highest BCUT2D eigenvalue weighted by Gasteiger charge is 2.05. The third-order valence-corrected chi connectivity index (χ3v) is 4.16. The number of benzene rings is 2. The SMILES string of the molecule is CCc1nc2cc(NCc3ccc(C)cc3Br)ccc2o1. The van der Waals surface area contributed by atoms with Gasteiger partial charge in [-0.25, -0.2) is 4.98 Å². The molecule has 0 saturated carbocycles. The molecule has 1 aromatic heterocycles. The van der Waals surface area contributed by atoms with Crippen LogP contribution in [-0.2, 0) is 13.0 Å². The molecular weight excluding hydrogens is 328 g/mol. The van der Waals surface area contributed by atoms with Gasteiger partial charge in [0.05, 0.1) is 0 Å². The quantitative estimate of drug-likeness (QED) is 0.717. The molecule has 0 spiro atoms. The number of nitrogens with one attached hydrogen (secondary N) is 1. The minimum Gasteiger partial charge on any atom is -0.441 e. The molecule has 0 aliphatic carbocycles. The highest BCUT2D eigenvalue weighted by molar-refractivity contribution is 9.10. The Balaban J connectivity index is 1.78. The van der Waals surface area contributed by atoms with Crippen LogP contribution in [0, 0.1) is 6.92 Å². The van der Waals surface area contributed by atoms with Crippen molar-refractivity contribution in [1.29, 1.82) is 0 Å². The summed E-state index contributed by atoms with van der Waals surface area (Å²) in [5, 5.41) is 3.43. The fraction of sp³-hybridized carbons (Fsp3) is 0.235. The third-order valence-electron chi connectivity index (χ3n) is 3.43. The zero-order valence-corrected chi connectivity index (χ0v) is 13.7. The Morgan fingerprint density at radius 3 is 2.81 bits per heavy atom. The van der Waals surface area contributed by atoms with Gasteiger partial charge in [0.2, 0.25) is 0 Å². The molecule has 1 heterocycles. The number of hydrogen-bond acceptors (Lipinski definition) is 3. The van der Waals surface area contributed by atoms with Crippen molar-refractivity contribution in [2.45, 2.75) is 26.8 Å². The van der Waals surface area contributed by atoms with E-state index in [-0.39, 0.29) is 0 Å². The van der Waals surface area contributed by atoms with Crippen molar-refractivity contribution >= 4 is 32.7 Å². The summed E-state index contributed by atoms with van der Waals surface area (Å²) in [6.07, 6.45) is 0.813. The van der Waals surface area contributed by atoms with E-state index in [1.807, 2.05) is 25.1 Å². The average Bonchev–Trinajstić information content (AvgIpc) is 2.88. The molecule has 0 radical (unpaired) electrons. The molecule has 3 nitrogen and oxygen atoms in total. The lowest BCUT2D eigenvalue weighted by Crippen LogP contribution is -2.00. The van der Waals surface area contributed by atoms with Gasteiger partial charge in [-0.1, -0.05) is 35.0 Å². The summed E-state index contributed by atoms with van der Waals surface area (Å²) in [5.41, 5.74) is 5.27. The average molecular weight is 345 g/mol. The normalized spacial score (nSPS) is 11.0. The van der Waals surface area contributed by atoms with Gasteiger partial charge in [-0.15, -0.1) is 0 Å². The Morgan fingerprint density at radius 1 is 1.19 bits per heavy atom. The number of anilines is 1. The topological polar surface area (TPSA) is 38.1 Å². The highest BCUT2D eigenvalue weighted by atomic mass is 79.9. The van der Waals surface area contributed by atoms with Gasteiger partial charge in [0, 0.05) is 23.1 Å².